The van der Waals surface area contributed by atoms with E-state index in [1.807, 2.05) is 0 Å². The molecule has 0 saturated carbocycles. The molecule has 3 N–H and O–H groups in total. The van der Waals surface area contributed by atoms with Crippen molar-refractivity contribution < 1.29 is 9.59 Å². The van der Waals surface area contributed by atoms with Gasteiger partial charge in [0.05, 0.1) is 6.54 Å². The number of amides is 2. The molecule has 1 fully saturated rings. The first kappa shape index (κ1) is 13.9. The maximum absolute atomic E-state index is 11.6. The van der Waals surface area contributed by atoms with E-state index in [1.54, 1.807) is 0 Å². The van der Waals surface area contributed by atoms with Crippen LogP contribution < -0.4 is 16.0 Å². The Morgan fingerprint density at radius 2 is 2.06 bits per heavy atom. The predicted octanol–water partition coefficient (Wildman–Crippen LogP) is -1.47. The Kier molecular flexibility index (Phi) is 5.93. The zero-order valence-corrected chi connectivity index (χ0v) is 10.6. The molecule has 0 aliphatic carbocycles. The fraction of sp³-hybridized carbons (Fsp3) is 0.818. The molecule has 1 heterocycles. The van der Waals surface area contributed by atoms with Gasteiger partial charge in [-0.25, -0.2) is 0 Å². The number of hydrogen-bond acceptors (Lipinski definition) is 4. The fourth-order valence-corrected chi connectivity index (χ4v) is 1.80. The number of rotatable bonds is 5. The Labute approximate surface area is 102 Å². The summed E-state index contributed by atoms with van der Waals surface area (Å²) < 4.78 is 0. The summed E-state index contributed by atoms with van der Waals surface area (Å²) in [5.41, 5.74) is 0. The molecular formula is C11H22N4O2. The predicted molar refractivity (Wildman–Crippen MR) is 65.6 cm³/mol. The van der Waals surface area contributed by atoms with Crippen LogP contribution in [0, 0.1) is 0 Å². The molecule has 1 aliphatic heterocycles. The summed E-state index contributed by atoms with van der Waals surface area (Å²) in [6, 6.07) is 0.393. The van der Waals surface area contributed by atoms with Crippen LogP contribution in [0.5, 0.6) is 0 Å². The summed E-state index contributed by atoms with van der Waals surface area (Å²) in [5, 5.41) is 8.71. The van der Waals surface area contributed by atoms with E-state index in [0.29, 0.717) is 25.7 Å². The number of nitrogens with one attached hydrogen (secondary N) is 3. The van der Waals surface area contributed by atoms with Crippen LogP contribution in [0.1, 0.15) is 13.8 Å². The highest BCUT2D eigenvalue weighted by Crippen LogP contribution is 2.00. The molecule has 6 heteroatoms. The normalized spacial score (nSPS) is 20.9. The van der Waals surface area contributed by atoms with Gasteiger partial charge >= 0.3 is 0 Å². The monoisotopic (exact) mass is 242 g/mol. The summed E-state index contributed by atoms with van der Waals surface area (Å²) in [4.78, 5) is 24.4. The maximum atomic E-state index is 11.6. The van der Waals surface area contributed by atoms with Gasteiger partial charge in [-0.1, -0.05) is 0 Å². The molecule has 6 nitrogen and oxygen atoms in total. The highest BCUT2D eigenvalue weighted by Gasteiger charge is 2.19. The van der Waals surface area contributed by atoms with Gasteiger partial charge < -0.3 is 16.0 Å². The highest BCUT2D eigenvalue weighted by atomic mass is 16.2. The lowest BCUT2D eigenvalue weighted by Crippen LogP contribution is -2.53. The van der Waals surface area contributed by atoms with Gasteiger partial charge in [0.15, 0.2) is 0 Å². The fourth-order valence-electron chi connectivity index (χ4n) is 1.80. The van der Waals surface area contributed by atoms with Gasteiger partial charge in [0.1, 0.15) is 0 Å². The van der Waals surface area contributed by atoms with Gasteiger partial charge in [0.2, 0.25) is 11.8 Å². The second-order valence-electron chi connectivity index (χ2n) is 4.36. The van der Waals surface area contributed by atoms with Crippen molar-refractivity contribution in [2.45, 2.75) is 19.9 Å². The van der Waals surface area contributed by atoms with Gasteiger partial charge in [-0.15, -0.1) is 0 Å². The van der Waals surface area contributed by atoms with E-state index in [-0.39, 0.29) is 11.8 Å². The SMILES string of the molecule is CC(=O)NCCNC(=O)CN1CCNCC1C. The molecule has 1 rings (SSSR count). The van der Waals surface area contributed by atoms with E-state index in [4.69, 9.17) is 0 Å². The lowest BCUT2D eigenvalue weighted by atomic mass is 10.2. The van der Waals surface area contributed by atoms with E-state index in [9.17, 15) is 9.59 Å². The quantitative estimate of drug-likeness (QED) is 0.515. The summed E-state index contributed by atoms with van der Waals surface area (Å²) >= 11 is 0. The van der Waals surface area contributed by atoms with E-state index in [2.05, 4.69) is 27.8 Å². The van der Waals surface area contributed by atoms with Crippen LogP contribution in [0.25, 0.3) is 0 Å². The zero-order valence-electron chi connectivity index (χ0n) is 10.6. The molecule has 1 atom stereocenters. The Morgan fingerprint density at radius 3 is 2.71 bits per heavy atom. The number of carbonyl (C=O) groups is 2. The first-order valence-electron chi connectivity index (χ1n) is 6.05. The van der Waals surface area contributed by atoms with Crippen molar-refractivity contribution >= 4 is 11.8 Å². The van der Waals surface area contributed by atoms with Gasteiger partial charge in [0, 0.05) is 45.7 Å². The van der Waals surface area contributed by atoms with Crippen LogP contribution in [0.2, 0.25) is 0 Å². The molecular weight excluding hydrogens is 220 g/mol. The van der Waals surface area contributed by atoms with Crippen molar-refractivity contribution in [3.8, 4) is 0 Å². The van der Waals surface area contributed by atoms with Crippen molar-refractivity contribution in [1.29, 1.82) is 0 Å². The molecule has 2 amide bonds. The van der Waals surface area contributed by atoms with E-state index >= 15 is 0 Å². The number of piperazine rings is 1. The van der Waals surface area contributed by atoms with E-state index < -0.39 is 0 Å². The summed E-state index contributed by atoms with van der Waals surface area (Å²) in [6.07, 6.45) is 0. The van der Waals surface area contributed by atoms with Gasteiger partial charge in [-0.2, -0.15) is 0 Å². The molecule has 0 aromatic rings. The molecule has 98 valence electrons. The van der Waals surface area contributed by atoms with Crippen LogP contribution >= 0.6 is 0 Å². The third kappa shape index (κ3) is 5.65. The van der Waals surface area contributed by atoms with Gasteiger partial charge in [-0.05, 0) is 6.92 Å². The number of nitrogens with zero attached hydrogens (tertiary/aromatic N) is 1. The highest BCUT2D eigenvalue weighted by molar-refractivity contribution is 5.78. The molecule has 0 spiro atoms. The molecule has 1 aliphatic rings. The van der Waals surface area contributed by atoms with Crippen molar-refractivity contribution in [1.82, 2.24) is 20.9 Å². The third-order valence-corrected chi connectivity index (χ3v) is 2.81. The standard InChI is InChI=1S/C11H22N4O2/c1-9-7-12-5-6-15(9)8-11(17)14-4-3-13-10(2)16/h9,12H,3-8H2,1-2H3,(H,13,16)(H,14,17). The van der Waals surface area contributed by atoms with Crippen LogP contribution in [0.15, 0.2) is 0 Å². The minimum Gasteiger partial charge on any atom is -0.355 e. The Morgan fingerprint density at radius 1 is 1.35 bits per heavy atom. The summed E-state index contributed by atoms with van der Waals surface area (Å²) in [5.74, 6) is -0.0564. The molecule has 0 bridgehead atoms. The average Bonchev–Trinajstić information content (AvgIpc) is 2.27. The first-order chi connectivity index (χ1) is 8.09. The van der Waals surface area contributed by atoms with E-state index in [1.165, 1.54) is 6.92 Å². The van der Waals surface area contributed by atoms with E-state index in [0.717, 1.165) is 19.6 Å². The largest absolute Gasteiger partial charge is 0.355 e. The van der Waals surface area contributed by atoms with Crippen LogP contribution in [0.4, 0.5) is 0 Å². The van der Waals surface area contributed by atoms with Crippen molar-refractivity contribution in [2.75, 3.05) is 39.3 Å². The van der Waals surface area contributed by atoms with Crippen molar-refractivity contribution in [2.24, 2.45) is 0 Å². The smallest absolute Gasteiger partial charge is 0.234 e. The van der Waals surface area contributed by atoms with Crippen molar-refractivity contribution in [3.05, 3.63) is 0 Å². The Bertz CT molecular complexity index is 270. The van der Waals surface area contributed by atoms with Gasteiger partial charge in [0.25, 0.3) is 0 Å². The summed E-state index contributed by atoms with van der Waals surface area (Å²) in [7, 11) is 0. The second kappa shape index (κ2) is 7.24. The second-order valence-corrected chi connectivity index (χ2v) is 4.36. The lowest BCUT2D eigenvalue weighted by molar-refractivity contribution is -0.123. The molecule has 17 heavy (non-hydrogen) atoms. The number of hydrogen-bond donors (Lipinski definition) is 3. The molecule has 0 aromatic carbocycles. The van der Waals surface area contributed by atoms with Crippen molar-refractivity contribution in [3.63, 3.8) is 0 Å². The molecule has 0 aromatic heterocycles. The molecule has 1 unspecified atom stereocenters. The van der Waals surface area contributed by atoms with Gasteiger partial charge in [-0.3, -0.25) is 14.5 Å². The number of carbonyl (C=O) groups excluding carboxylic acids is 2. The zero-order chi connectivity index (χ0) is 12.7. The topological polar surface area (TPSA) is 73.5 Å². The summed E-state index contributed by atoms with van der Waals surface area (Å²) in [6.45, 7) is 7.74. The Balaban J connectivity index is 2.13. The minimum absolute atomic E-state index is 0.0177. The maximum Gasteiger partial charge on any atom is 0.234 e. The molecule has 1 saturated heterocycles. The van der Waals surface area contributed by atoms with Crippen LogP contribution in [-0.4, -0.2) is 62.0 Å². The molecule has 0 radical (unpaired) electrons. The lowest BCUT2D eigenvalue weighted by Gasteiger charge is -2.33. The Hall–Kier alpha value is -1.14. The van der Waals surface area contributed by atoms with Crippen LogP contribution in [0.3, 0.4) is 0 Å². The first-order valence-corrected chi connectivity index (χ1v) is 6.05. The third-order valence-electron chi connectivity index (χ3n) is 2.81. The van der Waals surface area contributed by atoms with Crippen LogP contribution in [-0.2, 0) is 9.59 Å². The minimum atomic E-state index is -0.0741. The average molecular weight is 242 g/mol.